The van der Waals surface area contributed by atoms with E-state index in [0.717, 1.165) is 11.1 Å². The number of aromatic nitrogens is 5. The second-order valence-electron chi connectivity index (χ2n) is 8.38. The molecule has 0 atom stereocenters. The van der Waals surface area contributed by atoms with E-state index in [4.69, 9.17) is 0 Å². The van der Waals surface area contributed by atoms with E-state index in [1.165, 1.54) is 15.7 Å². The summed E-state index contributed by atoms with van der Waals surface area (Å²) in [5.74, 6) is -0.818. The summed E-state index contributed by atoms with van der Waals surface area (Å²) in [6, 6.07) is 23.5. The number of nitrogens with zero attached hydrogens (tertiary/aromatic N) is 5. The third-order valence-corrected chi connectivity index (χ3v) is 5.60. The van der Waals surface area contributed by atoms with Crippen LogP contribution in [0.15, 0.2) is 91.3 Å². The number of hydrogen-bond donors (Lipinski definition) is 3. The van der Waals surface area contributed by atoms with E-state index in [1.54, 1.807) is 48.7 Å². The first-order valence-electron chi connectivity index (χ1n) is 11.9. The number of carbonyl (C=O) groups is 3. The van der Waals surface area contributed by atoms with Gasteiger partial charge in [0.25, 0.3) is 11.8 Å². The Kier molecular flexibility index (Phi) is 7.16. The lowest BCUT2D eigenvalue weighted by atomic mass is 10.2. The molecule has 3 N–H and O–H groups in total. The number of anilines is 1. The van der Waals surface area contributed by atoms with Gasteiger partial charge in [-0.25, -0.2) is 0 Å². The molecule has 0 unspecified atom stereocenters. The number of rotatable bonds is 9. The number of carbonyl (C=O) groups excluding carboxylic acids is 3. The molecule has 0 aliphatic rings. The zero-order valence-corrected chi connectivity index (χ0v) is 20.2. The summed E-state index contributed by atoms with van der Waals surface area (Å²) in [6.45, 7) is 0.623. The highest BCUT2D eigenvalue weighted by Gasteiger charge is 2.13. The van der Waals surface area contributed by atoms with Gasteiger partial charge in [-0.1, -0.05) is 36.4 Å². The molecule has 5 rings (SSSR count). The van der Waals surface area contributed by atoms with Crippen molar-refractivity contribution in [1.29, 1.82) is 0 Å². The average Bonchev–Trinajstić information content (AvgIpc) is 3.59. The second kappa shape index (κ2) is 11.2. The van der Waals surface area contributed by atoms with Gasteiger partial charge in [-0.3, -0.25) is 19.1 Å². The SMILES string of the molecule is O=C(Cn1cc2cc(NC(=O)c3cnn(-c4ccccc4)n3)ccc2n1)NCCNC(=O)c1ccccc1. The molecule has 0 spiro atoms. The largest absolute Gasteiger partial charge is 0.353 e. The Morgan fingerprint density at radius 2 is 1.53 bits per heavy atom. The Labute approximate surface area is 217 Å². The molecule has 38 heavy (non-hydrogen) atoms. The van der Waals surface area contributed by atoms with E-state index in [9.17, 15) is 14.4 Å². The highest BCUT2D eigenvalue weighted by molar-refractivity contribution is 6.03. The number of nitrogens with one attached hydrogen (secondary N) is 3. The van der Waals surface area contributed by atoms with E-state index < -0.39 is 5.91 Å². The maximum atomic E-state index is 12.7. The van der Waals surface area contributed by atoms with Crippen molar-refractivity contribution >= 4 is 34.3 Å². The average molecular weight is 509 g/mol. The molecule has 0 fully saturated rings. The number of fused-ring (bicyclic) bond motifs is 1. The second-order valence-corrected chi connectivity index (χ2v) is 8.38. The van der Waals surface area contributed by atoms with Crippen molar-refractivity contribution in [2.75, 3.05) is 18.4 Å². The summed E-state index contributed by atoms with van der Waals surface area (Å²) in [5, 5.41) is 21.9. The van der Waals surface area contributed by atoms with Crippen LogP contribution in [-0.4, -0.2) is 55.6 Å². The first-order valence-corrected chi connectivity index (χ1v) is 11.9. The fourth-order valence-corrected chi connectivity index (χ4v) is 3.76. The van der Waals surface area contributed by atoms with Gasteiger partial charge in [0.1, 0.15) is 6.54 Å². The van der Waals surface area contributed by atoms with Crippen LogP contribution in [0.2, 0.25) is 0 Å². The van der Waals surface area contributed by atoms with E-state index in [2.05, 4.69) is 31.2 Å². The molecule has 0 aliphatic carbocycles. The Balaban J connectivity index is 1.13. The fourth-order valence-electron chi connectivity index (χ4n) is 3.76. The summed E-state index contributed by atoms with van der Waals surface area (Å²) in [4.78, 5) is 38.4. The van der Waals surface area contributed by atoms with Gasteiger partial charge in [0.05, 0.1) is 17.4 Å². The Hall–Kier alpha value is -5.32. The molecule has 0 saturated carbocycles. The van der Waals surface area contributed by atoms with Crippen molar-refractivity contribution in [2.24, 2.45) is 0 Å². The van der Waals surface area contributed by atoms with E-state index in [-0.39, 0.29) is 24.1 Å². The van der Waals surface area contributed by atoms with Gasteiger partial charge >= 0.3 is 0 Å². The summed E-state index contributed by atoms with van der Waals surface area (Å²) >= 11 is 0. The van der Waals surface area contributed by atoms with Crippen LogP contribution in [0.25, 0.3) is 16.6 Å². The minimum absolute atomic E-state index is 0.0194. The van der Waals surface area contributed by atoms with Crippen LogP contribution in [0.3, 0.4) is 0 Å². The predicted molar refractivity (Wildman–Crippen MR) is 141 cm³/mol. The van der Waals surface area contributed by atoms with Crippen molar-refractivity contribution < 1.29 is 14.4 Å². The molecule has 0 aliphatic heterocycles. The summed E-state index contributed by atoms with van der Waals surface area (Å²) in [7, 11) is 0. The zero-order chi connectivity index (χ0) is 26.3. The van der Waals surface area contributed by atoms with Gasteiger partial charge in [0, 0.05) is 35.9 Å². The normalized spacial score (nSPS) is 10.7. The summed E-state index contributed by atoms with van der Waals surface area (Å²) in [6.07, 6.45) is 3.14. The van der Waals surface area contributed by atoms with Crippen molar-refractivity contribution in [3.8, 4) is 5.69 Å². The molecule has 0 saturated heterocycles. The zero-order valence-electron chi connectivity index (χ0n) is 20.2. The monoisotopic (exact) mass is 508 g/mol. The first-order chi connectivity index (χ1) is 18.5. The Morgan fingerprint density at radius 3 is 2.32 bits per heavy atom. The van der Waals surface area contributed by atoms with Gasteiger partial charge in [0.15, 0.2) is 5.69 Å². The van der Waals surface area contributed by atoms with E-state index in [0.29, 0.717) is 29.9 Å². The third kappa shape index (κ3) is 5.90. The van der Waals surface area contributed by atoms with Crippen LogP contribution in [0.1, 0.15) is 20.8 Å². The quantitative estimate of drug-likeness (QED) is 0.262. The van der Waals surface area contributed by atoms with Crippen LogP contribution < -0.4 is 16.0 Å². The Morgan fingerprint density at radius 1 is 0.789 bits per heavy atom. The fraction of sp³-hybridized carbons (Fsp3) is 0.111. The minimum Gasteiger partial charge on any atom is -0.353 e. The topological polar surface area (TPSA) is 136 Å². The molecular weight excluding hydrogens is 484 g/mol. The maximum Gasteiger partial charge on any atom is 0.277 e. The summed E-state index contributed by atoms with van der Waals surface area (Å²) in [5.41, 5.74) is 2.75. The van der Waals surface area contributed by atoms with Crippen molar-refractivity contribution in [3.63, 3.8) is 0 Å². The molecule has 2 heterocycles. The summed E-state index contributed by atoms with van der Waals surface area (Å²) < 4.78 is 1.53. The van der Waals surface area contributed by atoms with Crippen molar-refractivity contribution in [2.45, 2.75) is 6.54 Å². The lowest BCUT2D eigenvalue weighted by molar-refractivity contribution is -0.121. The lowest BCUT2D eigenvalue weighted by Crippen LogP contribution is -2.36. The molecular formula is C27H24N8O3. The number of hydrogen-bond acceptors (Lipinski definition) is 6. The highest BCUT2D eigenvalue weighted by Crippen LogP contribution is 2.18. The number of amides is 3. The van der Waals surface area contributed by atoms with Crippen molar-refractivity contribution in [1.82, 2.24) is 35.4 Å². The molecule has 3 amide bonds. The van der Waals surface area contributed by atoms with Crippen LogP contribution >= 0.6 is 0 Å². The van der Waals surface area contributed by atoms with Gasteiger partial charge < -0.3 is 16.0 Å². The molecule has 11 nitrogen and oxygen atoms in total. The Bertz CT molecular complexity index is 1580. The highest BCUT2D eigenvalue weighted by atomic mass is 16.2. The molecule has 11 heteroatoms. The van der Waals surface area contributed by atoms with Crippen LogP contribution in [0.4, 0.5) is 5.69 Å². The van der Waals surface area contributed by atoms with Gasteiger partial charge in [-0.2, -0.15) is 15.0 Å². The molecule has 0 bridgehead atoms. The number of para-hydroxylation sites is 1. The molecule has 2 aromatic heterocycles. The maximum absolute atomic E-state index is 12.7. The van der Waals surface area contributed by atoms with E-state index >= 15 is 0 Å². The van der Waals surface area contributed by atoms with Gasteiger partial charge in [-0.15, -0.1) is 5.10 Å². The van der Waals surface area contributed by atoms with Crippen LogP contribution in [-0.2, 0) is 11.3 Å². The van der Waals surface area contributed by atoms with Gasteiger partial charge in [-0.05, 0) is 42.5 Å². The number of benzene rings is 3. The van der Waals surface area contributed by atoms with E-state index in [1.807, 2.05) is 36.4 Å². The van der Waals surface area contributed by atoms with Crippen LogP contribution in [0.5, 0.6) is 0 Å². The standard InChI is InChI=1S/C27H24N8O3/c36-25(28-13-14-29-26(37)19-7-3-1-4-8-19)18-34-17-20-15-21(11-12-23(20)32-34)31-27(38)24-16-30-35(33-24)22-9-5-2-6-10-22/h1-12,15-17H,13-14,18H2,(H,28,36)(H,29,37)(H,31,38). The molecule has 0 radical (unpaired) electrons. The predicted octanol–water partition coefficient (Wildman–Crippen LogP) is 2.42. The first kappa shape index (κ1) is 24.4. The molecule has 3 aromatic carbocycles. The minimum atomic E-state index is -0.391. The smallest absolute Gasteiger partial charge is 0.277 e. The molecule has 5 aromatic rings. The third-order valence-electron chi connectivity index (χ3n) is 5.60. The van der Waals surface area contributed by atoms with Crippen molar-refractivity contribution in [3.05, 3.63) is 103 Å². The van der Waals surface area contributed by atoms with Crippen LogP contribution in [0, 0.1) is 0 Å². The lowest BCUT2D eigenvalue weighted by Gasteiger charge is -2.07. The molecule has 190 valence electrons. The van der Waals surface area contributed by atoms with Gasteiger partial charge in [0.2, 0.25) is 5.91 Å².